The molecule has 1 fully saturated rings. The molecule has 0 saturated carbocycles. The van der Waals surface area contributed by atoms with Gasteiger partial charge in [-0.15, -0.1) is 5.10 Å². The van der Waals surface area contributed by atoms with Crippen molar-refractivity contribution in [1.29, 1.82) is 0 Å². The van der Waals surface area contributed by atoms with Crippen molar-refractivity contribution < 1.29 is 4.74 Å². The first-order valence-corrected chi connectivity index (χ1v) is 6.84. The SMILES string of the molecule is [B]c1cnc2ccc(N3CCN(CCOC)CC3)nn12. The highest BCUT2D eigenvalue weighted by Gasteiger charge is 2.18. The molecule has 0 atom stereocenters. The number of ether oxygens (including phenoxy) is 1. The van der Waals surface area contributed by atoms with E-state index in [9.17, 15) is 0 Å². The maximum absolute atomic E-state index is 5.85. The number of hydrogen-bond acceptors (Lipinski definition) is 5. The van der Waals surface area contributed by atoms with Gasteiger partial charge in [-0.25, -0.2) is 9.50 Å². The average molecular weight is 271 g/mol. The zero-order valence-corrected chi connectivity index (χ0v) is 11.7. The van der Waals surface area contributed by atoms with Crippen LogP contribution in [0.25, 0.3) is 5.65 Å². The first-order valence-electron chi connectivity index (χ1n) is 6.84. The highest BCUT2D eigenvalue weighted by atomic mass is 16.5. The van der Waals surface area contributed by atoms with E-state index in [1.165, 1.54) is 0 Å². The molecule has 0 bridgehead atoms. The number of fused-ring (bicyclic) bond motifs is 1. The van der Waals surface area contributed by atoms with Crippen LogP contribution < -0.4 is 10.5 Å². The second-order valence-corrected chi connectivity index (χ2v) is 4.97. The molecule has 20 heavy (non-hydrogen) atoms. The summed E-state index contributed by atoms with van der Waals surface area (Å²) >= 11 is 0. The van der Waals surface area contributed by atoms with Crippen molar-refractivity contribution >= 4 is 24.9 Å². The Morgan fingerprint density at radius 1 is 1.25 bits per heavy atom. The third-order valence-electron chi connectivity index (χ3n) is 3.68. The molecule has 0 aliphatic carbocycles. The number of aromatic nitrogens is 3. The van der Waals surface area contributed by atoms with Gasteiger partial charge in [0.25, 0.3) is 0 Å². The van der Waals surface area contributed by atoms with Gasteiger partial charge in [-0.2, -0.15) is 0 Å². The Bertz CT molecular complexity index is 579. The molecule has 0 amide bonds. The van der Waals surface area contributed by atoms with Gasteiger partial charge in [-0.1, -0.05) is 0 Å². The van der Waals surface area contributed by atoms with Gasteiger partial charge < -0.3 is 9.64 Å². The highest BCUT2D eigenvalue weighted by molar-refractivity contribution is 6.30. The van der Waals surface area contributed by atoms with E-state index in [-0.39, 0.29) is 0 Å². The minimum atomic E-state index is 0.570. The number of hydrogen-bond donors (Lipinski definition) is 0. The molecular weight excluding hydrogens is 253 g/mol. The molecule has 0 unspecified atom stereocenters. The molecule has 0 aromatic carbocycles. The summed E-state index contributed by atoms with van der Waals surface area (Å²) in [5.74, 6) is 0.952. The Balaban J connectivity index is 1.68. The molecule has 0 N–H and O–H groups in total. The van der Waals surface area contributed by atoms with Gasteiger partial charge in [0.1, 0.15) is 13.7 Å². The summed E-state index contributed by atoms with van der Waals surface area (Å²) in [5.41, 5.74) is 1.35. The fourth-order valence-electron chi connectivity index (χ4n) is 2.47. The minimum absolute atomic E-state index is 0.570. The van der Waals surface area contributed by atoms with Gasteiger partial charge >= 0.3 is 0 Å². The van der Waals surface area contributed by atoms with Crippen molar-refractivity contribution in [3.63, 3.8) is 0 Å². The summed E-state index contributed by atoms with van der Waals surface area (Å²) in [7, 11) is 7.59. The van der Waals surface area contributed by atoms with E-state index in [2.05, 4.69) is 19.9 Å². The van der Waals surface area contributed by atoms with Crippen molar-refractivity contribution in [3.05, 3.63) is 18.3 Å². The number of imidazole rings is 1. The van der Waals surface area contributed by atoms with Crippen molar-refractivity contribution in [2.45, 2.75) is 0 Å². The van der Waals surface area contributed by atoms with E-state index in [0.29, 0.717) is 5.59 Å². The van der Waals surface area contributed by atoms with Crippen LogP contribution in [0.1, 0.15) is 0 Å². The van der Waals surface area contributed by atoms with Gasteiger partial charge in [-0.05, 0) is 12.1 Å². The van der Waals surface area contributed by atoms with Crippen molar-refractivity contribution in [1.82, 2.24) is 19.5 Å². The zero-order valence-electron chi connectivity index (χ0n) is 11.7. The Kier molecular flexibility index (Phi) is 3.89. The topological polar surface area (TPSA) is 45.9 Å². The second-order valence-electron chi connectivity index (χ2n) is 4.97. The number of anilines is 1. The first kappa shape index (κ1) is 13.4. The van der Waals surface area contributed by atoms with Gasteiger partial charge in [0.2, 0.25) is 0 Å². The summed E-state index contributed by atoms with van der Waals surface area (Å²) in [5, 5.41) is 4.56. The van der Waals surface area contributed by atoms with E-state index in [1.54, 1.807) is 17.8 Å². The molecule has 6 nitrogen and oxygen atoms in total. The Morgan fingerprint density at radius 3 is 2.80 bits per heavy atom. The van der Waals surface area contributed by atoms with Crippen LogP contribution in [-0.4, -0.2) is 73.8 Å². The van der Waals surface area contributed by atoms with E-state index in [1.807, 2.05) is 12.1 Å². The molecule has 0 spiro atoms. The van der Waals surface area contributed by atoms with Gasteiger partial charge in [0, 0.05) is 51.6 Å². The van der Waals surface area contributed by atoms with Crippen LogP contribution in [0.2, 0.25) is 0 Å². The third-order valence-corrected chi connectivity index (χ3v) is 3.68. The number of piperazine rings is 1. The lowest BCUT2D eigenvalue weighted by molar-refractivity contribution is 0.144. The van der Waals surface area contributed by atoms with Crippen molar-refractivity contribution in [2.75, 3.05) is 51.3 Å². The second kappa shape index (κ2) is 5.81. The lowest BCUT2D eigenvalue weighted by Gasteiger charge is -2.35. The molecule has 1 aliphatic heterocycles. The molecule has 2 radical (unpaired) electrons. The van der Waals surface area contributed by atoms with Crippen LogP contribution in [0, 0.1) is 0 Å². The predicted octanol–water partition coefficient (Wildman–Crippen LogP) is -0.708. The van der Waals surface area contributed by atoms with E-state index < -0.39 is 0 Å². The van der Waals surface area contributed by atoms with Crippen LogP contribution in [0.5, 0.6) is 0 Å². The van der Waals surface area contributed by atoms with Crippen LogP contribution >= 0.6 is 0 Å². The molecule has 3 rings (SSSR count). The smallest absolute Gasteiger partial charge is 0.152 e. The fraction of sp³-hybridized carbons (Fsp3) is 0.538. The fourth-order valence-corrected chi connectivity index (χ4v) is 2.47. The van der Waals surface area contributed by atoms with Gasteiger partial charge in [0.15, 0.2) is 5.65 Å². The molecule has 2 aromatic heterocycles. The molecule has 104 valence electrons. The quantitative estimate of drug-likeness (QED) is 0.688. The highest BCUT2D eigenvalue weighted by Crippen LogP contribution is 2.13. The summed E-state index contributed by atoms with van der Waals surface area (Å²) in [4.78, 5) is 8.87. The summed E-state index contributed by atoms with van der Waals surface area (Å²) in [6.07, 6.45) is 1.63. The monoisotopic (exact) mass is 271 g/mol. The summed E-state index contributed by atoms with van der Waals surface area (Å²) in [6, 6.07) is 3.96. The number of methoxy groups -OCH3 is 1. The maximum atomic E-state index is 5.85. The van der Waals surface area contributed by atoms with E-state index in [0.717, 1.165) is 50.8 Å². The Hall–Kier alpha value is -1.60. The molecule has 2 aromatic rings. The van der Waals surface area contributed by atoms with E-state index in [4.69, 9.17) is 12.6 Å². The van der Waals surface area contributed by atoms with Crippen molar-refractivity contribution in [2.24, 2.45) is 0 Å². The summed E-state index contributed by atoms with van der Waals surface area (Å²) < 4.78 is 6.80. The zero-order chi connectivity index (χ0) is 13.9. The van der Waals surface area contributed by atoms with Gasteiger partial charge in [-0.3, -0.25) is 4.90 Å². The largest absolute Gasteiger partial charge is 0.383 e. The standard InChI is InChI=1S/C13H18BN5O/c1-20-9-8-17-4-6-18(7-5-17)13-3-2-12-15-10-11(14)19(12)16-13/h2-3,10H,4-9H2,1H3. The molecule has 7 heteroatoms. The predicted molar refractivity (Wildman–Crippen MR) is 78.9 cm³/mol. The molecule has 1 aliphatic rings. The van der Waals surface area contributed by atoms with Crippen LogP contribution in [0.4, 0.5) is 5.82 Å². The van der Waals surface area contributed by atoms with E-state index >= 15 is 0 Å². The lowest BCUT2D eigenvalue weighted by atomic mass is 10.1. The molecular formula is C13H18BN5O. The molecule has 3 heterocycles. The lowest BCUT2D eigenvalue weighted by Crippen LogP contribution is -2.47. The number of nitrogens with zero attached hydrogens (tertiary/aromatic N) is 5. The molecule has 1 saturated heterocycles. The van der Waals surface area contributed by atoms with Crippen LogP contribution in [-0.2, 0) is 4.74 Å². The maximum Gasteiger partial charge on any atom is 0.152 e. The Labute approximate surface area is 119 Å². The van der Waals surface area contributed by atoms with Crippen molar-refractivity contribution in [3.8, 4) is 0 Å². The van der Waals surface area contributed by atoms with Gasteiger partial charge in [0.05, 0.1) is 6.61 Å². The number of rotatable bonds is 4. The third kappa shape index (κ3) is 2.64. The Morgan fingerprint density at radius 2 is 2.05 bits per heavy atom. The minimum Gasteiger partial charge on any atom is -0.383 e. The average Bonchev–Trinajstić information content (AvgIpc) is 2.87. The first-order chi connectivity index (χ1) is 9.78. The normalized spacial score (nSPS) is 16.9. The van der Waals surface area contributed by atoms with Crippen LogP contribution in [0.15, 0.2) is 18.3 Å². The van der Waals surface area contributed by atoms with Crippen LogP contribution in [0.3, 0.4) is 0 Å². The summed E-state index contributed by atoms with van der Waals surface area (Å²) in [6.45, 7) is 5.78.